The van der Waals surface area contributed by atoms with Gasteiger partial charge in [0.25, 0.3) is 5.69 Å². The molecule has 0 aromatic heterocycles. The molecule has 0 unspecified atom stereocenters. The average Bonchev–Trinajstić information content (AvgIpc) is 2.68. The van der Waals surface area contributed by atoms with Gasteiger partial charge in [0.2, 0.25) is 5.91 Å². The molecule has 2 aromatic carbocycles. The van der Waals surface area contributed by atoms with Crippen molar-refractivity contribution in [2.45, 2.75) is 32.6 Å². The highest BCUT2D eigenvalue weighted by molar-refractivity contribution is 5.91. The van der Waals surface area contributed by atoms with Crippen LogP contribution in [0.15, 0.2) is 53.6 Å². The summed E-state index contributed by atoms with van der Waals surface area (Å²) in [5, 5.41) is 14.6. The van der Waals surface area contributed by atoms with Crippen LogP contribution in [0.4, 0.5) is 5.69 Å². The molecule has 2 rings (SSSR count). The standard InChI is InChI=1S/C20H21N3O5/c1-2-3-4-8-19(24)22-21-14-15-6-5-7-18(13-15)28-20(25)16-9-11-17(12-10-16)23(26)27/h5-7,9-14H,2-4,8H2,1H3,(H,22,24). The van der Waals surface area contributed by atoms with E-state index in [1.165, 1.54) is 30.5 Å². The number of rotatable bonds is 9. The number of unbranched alkanes of at least 4 members (excludes halogenated alkanes) is 2. The van der Waals surface area contributed by atoms with Gasteiger partial charge in [-0.1, -0.05) is 31.9 Å². The zero-order valence-corrected chi connectivity index (χ0v) is 15.5. The maximum absolute atomic E-state index is 12.2. The van der Waals surface area contributed by atoms with E-state index in [-0.39, 0.29) is 17.2 Å². The number of carbonyl (C=O) groups is 2. The molecule has 8 heteroatoms. The van der Waals surface area contributed by atoms with Gasteiger partial charge in [-0.25, -0.2) is 10.2 Å². The third kappa shape index (κ3) is 6.64. The molecule has 2 aromatic rings. The van der Waals surface area contributed by atoms with Crippen LogP contribution in [-0.4, -0.2) is 23.0 Å². The van der Waals surface area contributed by atoms with Gasteiger partial charge in [0.15, 0.2) is 0 Å². The van der Waals surface area contributed by atoms with E-state index >= 15 is 0 Å². The molecule has 146 valence electrons. The summed E-state index contributed by atoms with van der Waals surface area (Å²) in [6.45, 7) is 2.07. The van der Waals surface area contributed by atoms with Crippen LogP contribution in [0.5, 0.6) is 5.75 Å². The van der Waals surface area contributed by atoms with Crippen molar-refractivity contribution in [3.05, 3.63) is 69.8 Å². The van der Waals surface area contributed by atoms with Crippen LogP contribution in [0, 0.1) is 10.1 Å². The first-order chi connectivity index (χ1) is 13.5. The highest BCUT2D eigenvalue weighted by atomic mass is 16.6. The summed E-state index contributed by atoms with van der Waals surface area (Å²) < 4.78 is 5.28. The Labute approximate surface area is 162 Å². The van der Waals surface area contributed by atoms with Crippen LogP contribution >= 0.6 is 0 Å². The average molecular weight is 383 g/mol. The topological polar surface area (TPSA) is 111 Å². The SMILES string of the molecule is CCCCCC(=O)NN=Cc1cccc(OC(=O)c2ccc([N+](=O)[O-])cc2)c1. The Morgan fingerprint density at radius 3 is 2.61 bits per heavy atom. The fourth-order valence-corrected chi connectivity index (χ4v) is 2.31. The number of carbonyl (C=O) groups excluding carboxylic acids is 2. The van der Waals surface area contributed by atoms with Crippen LogP contribution in [0.1, 0.15) is 48.5 Å². The Morgan fingerprint density at radius 2 is 1.93 bits per heavy atom. The minimum atomic E-state index is -0.631. The first kappa shape index (κ1) is 20.8. The maximum Gasteiger partial charge on any atom is 0.343 e. The smallest absolute Gasteiger partial charge is 0.343 e. The fourth-order valence-electron chi connectivity index (χ4n) is 2.31. The van der Waals surface area contributed by atoms with E-state index in [0.29, 0.717) is 17.7 Å². The molecule has 0 atom stereocenters. The van der Waals surface area contributed by atoms with Gasteiger partial charge in [0, 0.05) is 18.6 Å². The van der Waals surface area contributed by atoms with Crippen LogP contribution in [0.2, 0.25) is 0 Å². The van der Waals surface area contributed by atoms with Crippen molar-refractivity contribution >= 4 is 23.8 Å². The first-order valence-corrected chi connectivity index (χ1v) is 8.88. The second-order valence-electron chi connectivity index (χ2n) is 6.02. The molecular formula is C20H21N3O5. The largest absolute Gasteiger partial charge is 0.423 e. The van der Waals surface area contributed by atoms with Gasteiger partial charge in [-0.05, 0) is 36.2 Å². The highest BCUT2D eigenvalue weighted by Gasteiger charge is 2.11. The molecule has 0 spiro atoms. The third-order valence-corrected chi connectivity index (χ3v) is 3.79. The summed E-state index contributed by atoms with van der Waals surface area (Å²) in [4.78, 5) is 33.9. The molecule has 0 saturated carbocycles. The number of hydrazone groups is 1. The predicted molar refractivity (Wildman–Crippen MR) is 104 cm³/mol. The van der Waals surface area contributed by atoms with Crippen LogP contribution in [-0.2, 0) is 4.79 Å². The van der Waals surface area contributed by atoms with E-state index in [2.05, 4.69) is 17.5 Å². The van der Waals surface area contributed by atoms with Gasteiger partial charge in [-0.2, -0.15) is 5.10 Å². The summed E-state index contributed by atoms with van der Waals surface area (Å²) in [6, 6.07) is 11.8. The number of esters is 1. The Balaban J connectivity index is 1.93. The van der Waals surface area contributed by atoms with E-state index in [0.717, 1.165) is 19.3 Å². The molecule has 0 heterocycles. The number of non-ortho nitro benzene ring substituents is 1. The van der Waals surface area contributed by atoms with Gasteiger partial charge in [-0.3, -0.25) is 14.9 Å². The van der Waals surface area contributed by atoms with E-state index in [4.69, 9.17) is 4.74 Å². The van der Waals surface area contributed by atoms with Gasteiger partial charge in [0.1, 0.15) is 5.75 Å². The lowest BCUT2D eigenvalue weighted by Gasteiger charge is -2.05. The lowest BCUT2D eigenvalue weighted by molar-refractivity contribution is -0.384. The number of nitro benzene ring substituents is 1. The predicted octanol–water partition coefficient (Wildman–Crippen LogP) is 3.84. The quantitative estimate of drug-likeness (QED) is 0.177. The molecule has 8 nitrogen and oxygen atoms in total. The zero-order chi connectivity index (χ0) is 20.4. The van der Waals surface area contributed by atoms with Crippen molar-refractivity contribution in [2.24, 2.45) is 5.10 Å². The minimum Gasteiger partial charge on any atom is -0.423 e. The Bertz CT molecular complexity index is 862. The number of nitrogens with zero attached hydrogens (tertiary/aromatic N) is 2. The maximum atomic E-state index is 12.2. The third-order valence-electron chi connectivity index (χ3n) is 3.79. The monoisotopic (exact) mass is 383 g/mol. The molecule has 0 radical (unpaired) electrons. The zero-order valence-electron chi connectivity index (χ0n) is 15.5. The number of nitrogens with one attached hydrogen (secondary N) is 1. The fraction of sp³-hybridized carbons (Fsp3) is 0.250. The van der Waals surface area contributed by atoms with E-state index < -0.39 is 10.9 Å². The van der Waals surface area contributed by atoms with Crippen molar-refractivity contribution in [3.8, 4) is 5.75 Å². The van der Waals surface area contributed by atoms with Gasteiger partial charge >= 0.3 is 5.97 Å². The van der Waals surface area contributed by atoms with E-state index in [9.17, 15) is 19.7 Å². The normalized spacial score (nSPS) is 10.6. The van der Waals surface area contributed by atoms with Crippen LogP contribution in [0.3, 0.4) is 0 Å². The highest BCUT2D eigenvalue weighted by Crippen LogP contribution is 2.16. The summed E-state index contributed by atoms with van der Waals surface area (Å²) in [5.41, 5.74) is 3.19. The Kier molecular flexibility index (Phi) is 7.83. The van der Waals surface area contributed by atoms with Crippen molar-refractivity contribution < 1.29 is 19.2 Å². The molecule has 0 aliphatic heterocycles. The molecule has 1 amide bonds. The van der Waals surface area contributed by atoms with Crippen molar-refractivity contribution in [1.82, 2.24) is 5.43 Å². The summed E-state index contributed by atoms with van der Waals surface area (Å²) in [6.07, 6.45) is 4.76. The lowest BCUT2D eigenvalue weighted by atomic mass is 10.2. The molecule has 28 heavy (non-hydrogen) atoms. The van der Waals surface area contributed by atoms with E-state index in [1.54, 1.807) is 24.3 Å². The van der Waals surface area contributed by atoms with Gasteiger partial charge < -0.3 is 4.74 Å². The first-order valence-electron chi connectivity index (χ1n) is 8.88. The Hall–Kier alpha value is -3.55. The molecule has 1 N–H and O–H groups in total. The second-order valence-corrected chi connectivity index (χ2v) is 6.02. The molecule has 0 aliphatic rings. The van der Waals surface area contributed by atoms with Crippen LogP contribution < -0.4 is 10.2 Å². The summed E-state index contributed by atoms with van der Waals surface area (Å²) in [7, 11) is 0. The number of hydrogen-bond donors (Lipinski definition) is 1. The van der Waals surface area contributed by atoms with Gasteiger partial charge in [-0.15, -0.1) is 0 Å². The molecule has 0 fully saturated rings. The summed E-state index contributed by atoms with van der Waals surface area (Å²) >= 11 is 0. The minimum absolute atomic E-state index is 0.105. The van der Waals surface area contributed by atoms with Crippen molar-refractivity contribution in [3.63, 3.8) is 0 Å². The summed E-state index contributed by atoms with van der Waals surface area (Å²) in [5.74, 6) is -0.486. The van der Waals surface area contributed by atoms with Crippen molar-refractivity contribution in [2.75, 3.05) is 0 Å². The molecular weight excluding hydrogens is 362 g/mol. The number of amides is 1. The second kappa shape index (κ2) is 10.6. The molecule has 0 bridgehead atoms. The van der Waals surface area contributed by atoms with Gasteiger partial charge in [0.05, 0.1) is 16.7 Å². The number of hydrogen-bond acceptors (Lipinski definition) is 6. The lowest BCUT2D eigenvalue weighted by Crippen LogP contribution is -2.16. The Morgan fingerprint density at radius 1 is 1.18 bits per heavy atom. The molecule has 0 saturated heterocycles. The van der Waals surface area contributed by atoms with E-state index in [1.807, 2.05) is 0 Å². The van der Waals surface area contributed by atoms with Crippen LogP contribution in [0.25, 0.3) is 0 Å². The van der Waals surface area contributed by atoms with Crippen molar-refractivity contribution in [1.29, 1.82) is 0 Å². The number of ether oxygens (including phenoxy) is 1. The number of benzene rings is 2. The molecule has 0 aliphatic carbocycles. The number of nitro groups is 1.